The number of ether oxygens (including phenoxy) is 1. The van der Waals surface area contributed by atoms with Crippen LogP contribution in [0.3, 0.4) is 0 Å². The summed E-state index contributed by atoms with van der Waals surface area (Å²) in [4.78, 5) is 5.11. The van der Waals surface area contributed by atoms with Gasteiger partial charge in [-0.05, 0) is 152 Å². The molecule has 11 rings (SSSR count). The molecule has 0 fully saturated rings. The van der Waals surface area contributed by atoms with Gasteiger partial charge in [0.05, 0.1) is 11.4 Å². The number of benzene rings is 6. The Labute approximate surface area is 380 Å². The highest BCUT2D eigenvalue weighted by Gasteiger charge is 2.45. The third kappa shape index (κ3) is 6.27. The monoisotopic (exact) mass is 844 g/mol. The van der Waals surface area contributed by atoms with E-state index < -0.39 is 0 Å². The number of hydrogen-bond acceptors (Lipinski definition) is 4. The summed E-state index contributed by atoms with van der Waals surface area (Å²) in [6.45, 7) is 26.5. The number of para-hydroxylation sites is 2. The first kappa shape index (κ1) is 40.5. The second-order valence-corrected chi connectivity index (χ2v) is 23.8. The zero-order chi connectivity index (χ0) is 44.0. The first-order valence-corrected chi connectivity index (χ1v) is 24.1. The van der Waals surface area contributed by atoms with Crippen LogP contribution in [-0.4, -0.2) is 6.71 Å². The van der Waals surface area contributed by atoms with Crippen molar-refractivity contribution in [2.45, 2.75) is 129 Å². The van der Waals surface area contributed by atoms with Gasteiger partial charge < -0.3 is 14.5 Å². The minimum atomic E-state index is 0.0105. The molecule has 3 heterocycles. The fourth-order valence-corrected chi connectivity index (χ4v) is 12.8. The van der Waals surface area contributed by atoms with Crippen LogP contribution in [0.15, 0.2) is 121 Å². The number of thiophene rings is 1. The highest BCUT2D eigenvalue weighted by molar-refractivity contribution is 7.33. The van der Waals surface area contributed by atoms with Crippen LogP contribution in [0.1, 0.15) is 130 Å². The Morgan fingerprint density at radius 1 is 0.571 bits per heavy atom. The standard InChI is InChI=1S/C58H61BN2OS/c1-54(2,3)36-21-26-50-41(31-36)52-53(63-50)59-46-19-15-16-20-48(46)62-49-35-40(34-47(51(49)59)61(52)37-17-13-12-14-18-37)60(38-22-24-42-44(32-38)57(8,9)29-27-55(42,4)5)39-23-25-43-45(33-39)58(10,11)30-28-56(43,6)7/h12-26,31-35H,27-30H2,1-11H3. The smallest absolute Gasteiger partial charge is 0.268 e. The van der Waals surface area contributed by atoms with E-state index in [4.69, 9.17) is 4.74 Å². The third-order valence-corrected chi connectivity index (χ3v) is 16.8. The summed E-state index contributed by atoms with van der Waals surface area (Å²) in [5.74, 6) is 1.86. The Morgan fingerprint density at radius 2 is 1.14 bits per heavy atom. The van der Waals surface area contributed by atoms with Gasteiger partial charge >= 0.3 is 0 Å². The van der Waals surface area contributed by atoms with Crippen molar-refractivity contribution in [1.29, 1.82) is 0 Å². The van der Waals surface area contributed by atoms with E-state index in [0.717, 1.165) is 35.7 Å². The summed E-state index contributed by atoms with van der Waals surface area (Å²) in [6.07, 6.45) is 4.70. The number of hydrogen-bond donors (Lipinski definition) is 0. The lowest BCUT2D eigenvalue weighted by atomic mass is 9.37. The minimum Gasteiger partial charge on any atom is -0.458 e. The van der Waals surface area contributed by atoms with Crippen LogP contribution < -0.4 is 30.2 Å². The zero-order valence-corrected chi connectivity index (χ0v) is 40.0. The van der Waals surface area contributed by atoms with E-state index in [-0.39, 0.29) is 33.8 Å². The van der Waals surface area contributed by atoms with Gasteiger partial charge in [0, 0.05) is 43.7 Å². The van der Waals surface area contributed by atoms with Gasteiger partial charge in [0.25, 0.3) is 6.71 Å². The first-order chi connectivity index (χ1) is 29.8. The van der Waals surface area contributed by atoms with Gasteiger partial charge in [-0.15, -0.1) is 11.3 Å². The van der Waals surface area contributed by atoms with Gasteiger partial charge in [0.15, 0.2) is 0 Å². The molecule has 0 unspecified atom stereocenters. The summed E-state index contributed by atoms with van der Waals surface area (Å²) >= 11 is 1.94. The van der Waals surface area contributed by atoms with Crippen molar-refractivity contribution in [2.75, 3.05) is 9.80 Å². The number of nitrogens with zero attached hydrogens (tertiary/aromatic N) is 2. The summed E-state index contributed by atoms with van der Waals surface area (Å²) in [5.41, 5.74) is 17.1. The maximum absolute atomic E-state index is 7.18. The molecule has 6 aromatic carbocycles. The van der Waals surface area contributed by atoms with Gasteiger partial charge in [0.1, 0.15) is 11.5 Å². The first-order valence-electron chi connectivity index (χ1n) is 23.3. The van der Waals surface area contributed by atoms with E-state index in [1.807, 2.05) is 11.3 Å². The largest absolute Gasteiger partial charge is 0.458 e. The fourth-order valence-electron chi connectivity index (χ4n) is 11.5. The maximum atomic E-state index is 7.18. The fraction of sp³-hybridized carbons (Fsp3) is 0.345. The topological polar surface area (TPSA) is 15.7 Å². The molecule has 318 valence electrons. The van der Waals surface area contributed by atoms with E-state index in [9.17, 15) is 0 Å². The summed E-state index contributed by atoms with van der Waals surface area (Å²) in [5, 5.41) is 1.31. The van der Waals surface area contributed by atoms with Crippen LogP contribution in [0.4, 0.5) is 34.1 Å². The summed E-state index contributed by atoms with van der Waals surface area (Å²) < 4.78 is 9.86. The second kappa shape index (κ2) is 13.6. The van der Waals surface area contributed by atoms with Crippen molar-refractivity contribution in [3.05, 3.63) is 149 Å². The second-order valence-electron chi connectivity index (χ2n) is 22.7. The molecule has 63 heavy (non-hydrogen) atoms. The van der Waals surface area contributed by atoms with Crippen molar-refractivity contribution in [2.24, 2.45) is 0 Å². The van der Waals surface area contributed by atoms with Gasteiger partial charge in [-0.3, -0.25) is 0 Å². The lowest BCUT2D eigenvalue weighted by molar-refractivity contribution is 0.332. The summed E-state index contributed by atoms with van der Waals surface area (Å²) in [7, 11) is 0. The molecule has 0 N–H and O–H groups in total. The number of fused-ring (bicyclic) bond motifs is 8. The quantitative estimate of drug-likeness (QED) is 0.164. The zero-order valence-electron chi connectivity index (χ0n) is 39.2. The lowest BCUT2D eigenvalue weighted by Gasteiger charge is -2.44. The van der Waals surface area contributed by atoms with E-state index in [1.165, 1.54) is 89.2 Å². The third-order valence-electron chi connectivity index (χ3n) is 15.6. The molecule has 0 atom stereocenters. The molecule has 0 bridgehead atoms. The average Bonchev–Trinajstić information content (AvgIpc) is 3.63. The Balaban J connectivity index is 1.22. The Morgan fingerprint density at radius 3 is 1.75 bits per heavy atom. The van der Waals surface area contributed by atoms with Crippen LogP contribution >= 0.6 is 11.3 Å². The van der Waals surface area contributed by atoms with Gasteiger partial charge in [-0.25, -0.2) is 0 Å². The molecule has 1 aromatic heterocycles. The van der Waals surface area contributed by atoms with Crippen LogP contribution in [0.2, 0.25) is 0 Å². The van der Waals surface area contributed by atoms with Gasteiger partial charge in [-0.1, -0.05) is 131 Å². The van der Waals surface area contributed by atoms with Crippen LogP contribution in [0, 0.1) is 0 Å². The van der Waals surface area contributed by atoms with Crippen molar-refractivity contribution in [3.63, 3.8) is 0 Å². The molecular weight excluding hydrogens is 784 g/mol. The van der Waals surface area contributed by atoms with Crippen molar-refractivity contribution < 1.29 is 4.74 Å². The van der Waals surface area contributed by atoms with E-state index in [0.29, 0.717) is 0 Å². The SMILES string of the molecule is CC(C)(C)c1ccc2sc3c(c2c1)N(c1ccccc1)c1cc(N(c2ccc4c(c2)C(C)(C)CCC4(C)C)c2ccc4c(c2)C(C)(C)CCC4(C)C)cc2c1B3c1ccccc1O2. The molecule has 0 saturated carbocycles. The number of anilines is 6. The highest BCUT2D eigenvalue weighted by atomic mass is 32.1. The predicted molar refractivity (Wildman–Crippen MR) is 272 cm³/mol. The van der Waals surface area contributed by atoms with Gasteiger partial charge in [-0.2, -0.15) is 0 Å². The Bertz CT molecular complexity index is 2920. The Kier molecular flexibility index (Phi) is 8.76. The van der Waals surface area contributed by atoms with Crippen LogP contribution in [-0.2, 0) is 27.1 Å². The van der Waals surface area contributed by atoms with Crippen LogP contribution in [0.5, 0.6) is 11.5 Å². The van der Waals surface area contributed by atoms with Crippen molar-refractivity contribution in [1.82, 2.24) is 0 Å². The molecule has 7 aromatic rings. The maximum Gasteiger partial charge on any atom is 0.268 e. The average molecular weight is 845 g/mol. The molecule has 4 aliphatic rings. The molecule has 0 radical (unpaired) electrons. The number of rotatable bonds is 4. The molecular formula is C58H61BN2OS. The molecule has 5 heteroatoms. The highest BCUT2D eigenvalue weighted by Crippen LogP contribution is 2.53. The minimum absolute atomic E-state index is 0.0105. The van der Waals surface area contributed by atoms with E-state index in [1.54, 1.807) is 0 Å². The Hall–Kier alpha value is -5.26. The van der Waals surface area contributed by atoms with Gasteiger partial charge in [0.2, 0.25) is 0 Å². The van der Waals surface area contributed by atoms with Crippen LogP contribution in [0.25, 0.3) is 10.1 Å². The molecule has 3 nitrogen and oxygen atoms in total. The molecule has 2 aliphatic carbocycles. The molecule has 0 amide bonds. The van der Waals surface area contributed by atoms with E-state index in [2.05, 4.69) is 207 Å². The van der Waals surface area contributed by atoms with Crippen molar-refractivity contribution in [3.8, 4) is 11.5 Å². The summed E-state index contributed by atoms with van der Waals surface area (Å²) in [6, 6.07) is 46.5. The molecule has 0 spiro atoms. The normalized spacial score (nSPS) is 18.4. The predicted octanol–water partition coefficient (Wildman–Crippen LogP) is 14.8. The molecule has 2 aliphatic heterocycles. The van der Waals surface area contributed by atoms with Crippen molar-refractivity contribution >= 4 is 78.0 Å². The molecule has 0 saturated heterocycles. The lowest BCUT2D eigenvalue weighted by Crippen LogP contribution is -2.58. The van der Waals surface area contributed by atoms with E-state index >= 15 is 0 Å².